The summed E-state index contributed by atoms with van der Waals surface area (Å²) in [6.45, 7) is 4.32. The molecule has 1 aliphatic heterocycles. The van der Waals surface area contributed by atoms with E-state index in [0.717, 1.165) is 44.0 Å². The third-order valence-corrected chi connectivity index (χ3v) is 4.07. The van der Waals surface area contributed by atoms with Crippen molar-refractivity contribution >= 4 is 11.6 Å². The molecule has 1 aromatic carbocycles. The number of rotatable bonds is 5. The fourth-order valence-corrected chi connectivity index (χ4v) is 2.90. The molecular weight excluding hydrogens is 314 g/mol. The van der Waals surface area contributed by atoms with Crippen LogP contribution in [0.25, 0.3) is 11.5 Å². The lowest BCUT2D eigenvalue weighted by Crippen LogP contribution is -2.46. The van der Waals surface area contributed by atoms with Crippen molar-refractivity contribution in [3.05, 3.63) is 41.2 Å². The van der Waals surface area contributed by atoms with Gasteiger partial charge in [-0.05, 0) is 38.4 Å². The molecule has 0 radical (unpaired) electrons. The second-order valence-corrected chi connectivity index (χ2v) is 6.58. The first kappa shape index (κ1) is 16.5. The molecule has 6 heteroatoms. The number of aromatic nitrogens is 1. The zero-order valence-corrected chi connectivity index (χ0v) is 14.3. The fraction of sp³-hybridized carbons (Fsp3) is 0.471. The second-order valence-electron chi connectivity index (χ2n) is 6.14. The molecule has 1 aromatic heterocycles. The van der Waals surface area contributed by atoms with Gasteiger partial charge in [-0.3, -0.25) is 4.90 Å². The Kier molecular flexibility index (Phi) is 5.33. The maximum absolute atomic E-state index is 5.91. The summed E-state index contributed by atoms with van der Waals surface area (Å²) in [6, 6.07) is 7.52. The lowest BCUT2D eigenvalue weighted by molar-refractivity contribution is -0.0410. The minimum atomic E-state index is 0.251. The van der Waals surface area contributed by atoms with Gasteiger partial charge >= 0.3 is 0 Å². The number of oxazole rings is 1. The number of hydrogen-bond donors (Lipinski definition) is 0. The smallest absolute Gasteiger partial charge is 0.226 e. The summed E-state index contributed by atoms with van der Waals surface area (Å²) in [7, 11) is 4.14. The molecule has 0 amide bonds. The molecule has 5 nitrogen and oxygen atoms in total. The van der Waals surface area contributed by atoms with Crippen molar-refractivity contribution in [2.45, 2.75) is 12.6 Å². The molecule has 1 saturated heterocycles. The minimum Gasteiger partial charge on any atom is -0.444 e. The molecule has 23 heavy (non-hydrogen) atoms. The van der Waals surface area contributed by atoms with Crippen molar-refractivity contribution in [2.24, 2.45) is 0 Å². The summed E-state index contributed by atoms with van der Waals surface area (Å²) in [5, 5.41) is 0.709. The zero-order valence-electron chi connectivity index (χ0n) is 13.5. The summed E-state index contributed by atoms with van der Waals surface area (Å²) < 4.78 is 11.4. The SMILES string of the molecule is CN(C)C[C@H]1CN(Cc2coc(-c3ccc(Cl)cc3)n2)CCO1. The lowest BCUT2D eigenvalue weighted by atomic mass is 10.2. The van der Waals surface area contributed by atoms with Crippen LogP contribution in [-0.2, 0) is 11.3 Å². The van der Waals surface area contributed by atoms with Gasteiger partial charge in [0, 0.05) is 36.8 Å². The van der Waals surface area contributed by atoms with Gasteiger partial charge in [0.05, 0.1) is 18.4 Å². The first-order chi connectivity index (χ1) is 11.1. The highest BCUT2D eigenvalue weighted by Gasteiger charge is 2.22. The van der Waals surface area contributed by atoms with E-state index in [1.54, 1.807) is 6.26 Å². The molecule has 1 aliphatic rings. The number of ether oxygens (including phenoxy) is 1. The molecule has 124 valence electrons. The summed E-state index contributed by atoms with van der Waals surface area (Å²) in [4.78, 5) is 9.11. The summed E-state index contributed by atoms with van der Waals surface area (Å²) in [5.41, 5.74) is 1.88. The molecule has 2 aromatic rings. The van der Waals surface area contributed by atoms with E-state index in [9.17, 15) is 0 Å². The van der Waals surface area contributed by atoms with E-state index in [-0.39, 0.29) is 6.10 Å². The first-order valence-corrected chi connectivity index (χ1v) is 8.17. The average molecular weight is 336 g/mol. The van der Waals surface area contributed by atoms with Crippen LogP contribution in [0.4, 0.5) is 0 Å². The topological polar surface area (TPSA) is 41.7 Å². The van der Waals surface area contributed by atoms with Crippen molar-refractivity contribution in [1.82, 2.24) is 14.8 Å². The van der Waals surface area contributed by atoms with Gasteiger partial charge in [-0.15, -0.1) is 0 Å². The molecule has 0 aliphatic carbocycles. The van der Waals surface area contributed by atoms with Crippen LogP contribution in [0.5, 0.6) is 0 Å². The van der Waals surface area contributed by atoms with Crippen LogP contribution in [0.1, 0.15) is 5.69 Å². The van der Waals surface area contributed by atoms with E-state index in [1.165, 1.54) is 0 Å². The van der Waals surface area contributed by atoms with Crippen LogP contribution in [-0.4, -0.2) is 61.2 Å². The molecule has 1 atom stereocenters. The number of nitrogens with zero attached hydrogens (tertiary/aromatic N) is 3. The second kappa shape index (κ2) is 7.45. The Bertz CT molecular complexity index is 627. The van der Waals surface area contributed by atoms with E-state index in [0.29, 0.717) is 10.9 Å². The highest BCUT2D eigenvalue weighted by Crippen LogP contribution is 2.21. The Morgan fingerprint density at radius 2 is 2.09 bits per heavy atom. The van der Waals surface area contributed by atoms with E-state index < -0.39 is 0 Å². The van der Waals surface area contributed by atoms with Crippen molar-refractivity contribution < 1.29 is 9.15 Å². The zero-order chi connectivity index (χ0) is 16.2. The van der Waals surface area contributed by atoms with Crippen LogP contribution in [0, 0.1) is 0 Å². The van der Waals surface area contributed by atoms with Gasteiger partial charge in [0.25, 0.3) is 0 Å². The number of halogens is 1. The van der Waals surface area contributed by atoms with Gasteiger partial charge < -0.3 is 14.1 Å². The molecule has 2 heterocycles. The molecular formula is C17H22ClN3O2. The average Bonchev–Trinajstić information content (AvgIpc) is 2.96. The van der Waals surface area contributed by atoms with Crippen molar-refractivity contribution in [3.8, 4) is 11.5 Å². The van der Waals surface area contributed by atoms with Gasteiger partial charge in [-0.25, -0.2) is 4.98 Å². The molecule has 0 unspecified atom stereocenters. The number of morpholine rings is 1. The third kappa shape index (κ3) is 4.54. The Balaban J connectivity index is 1.61. The van der Waals surface area contributed by atoms with Gasteiger partial charge in [0.2, 0.25) is 5.89 Å². The van der Waals surface area contributed by atoms with Crippen LogP contribution in [0.3, 0.4) is 0 Å². The Labute approximate surface area is 141 Å². The largest absolute Gasteiger partial charge is 0.444 e. The minimum absolute atomic E-state index is 0.251. The first-order valence-electron chi connectivity index (χ1n) is 7.79. The Morgan fingerprint density at radius 1 is 1.30 bits per heavy atom. The van der Waals surface area contributed by atoms with Gasteiger partial charge in [-0.2, -0.15) is 0 Å². The van der Waals surface area contributed by atoms with Gasteiger partial charge in [0.1, 0.15) is 6.26 Å². The molecule has 0 bridgehead atoms. The molecule has 3 rings (SSSR count). The van der Waals surface area contributed by atoms with Crippen LogP contribution < -0.4 is 0 Å². The van der Waals surface area contributed by atoms with Crippen LogP contribution in [0.2, 0.25) is 5.02 Å². The highest BCUT2D eigenvalue weighted by molar-refractivity contribution is 6.30. The molecule has 0 saturated carbocycles. The van der Waals surface area contributed by atoms with Crippen LogP contribution >= 0.6 is 11.6 Å². The third-order valence-electron chi connectivity index (χ3n) is 3.82. The Hall–Kier alpha value is -1.40. The monoisotopic (exact) mass is 335 g/mol. The number of benzene rings is 1. The van der Waals surface area contributed by atoms with Gasteiger partial charge in [0.15, 0.2) is 0 Å². The summed E-state index contributed by atoms with van der Waals surface area (Å²) >= 11 is 5.91. The van der Waals surface area contributed by atoms with Crippen LogP contribution in [0.15, 0.2) is 34.9 Å². The predicted molar refractivity (Wildman–Crippen MR) is 90.5 cm³/mol. The van der Waals surface area contributed by atoms with Crippen molar-refractivity contribution in [1.29, 1.82) is 0 Å². The van der Waals surface area contributed by atoms with Crippen molar-refractivity contribution in [2.75, 3.05) is 40.3 Å². The lowest BCUT2D eigenvalue weighted by Gasteiger charge is -2.33. The molecule has 0 N–H and O–H groups in total. The summed E-state index contributed by atoms with van der Waals surface area (Å²) in [5.74, 6) is 0.634. The fourth-order valence-electron chi connectivity index (χ4n) is 2.78. The van der Waals surface area contributed by atoms with E-state index in [1.807, 2.05) is 24.3 Å². The van der Waals surface area contributed by atoms with Crippen molar-refractivity contribution in [3.63, 3.8) is 0 Å². The summed E-state index contributed by atoms with van der Waals surface area (Å²) in [6.07, 6.45) is 1.99. The maximum atomic E-state index is 5.91. The number of likely N-dealkylation sites (N-methyl/N-ethyl adjacent to an activating group) is 1. The maximum Gasteiger partial charge on any atom is 0.226 e. The van der Waals surface area contributed by atoms with E-state index in [2.05, 4.69) is 28.9 Å². The molecule has 1 fully saturated rings. The van der Waals surface area contributed by atoms with E-state index in [4.69, 9.17) is 20.8 Å². The standard InChI is InChI=1S/C17H22ClN3O2/c1-20(2)10-16-11-21(7-8-22-16)9-15-12-23-17(19-15)13-3-5-14(18)6-4-13/h3-6,12,16H,7-11H2,1-2H3/t16-/m0/s1. The predicted octanol–water partition coefficient (Wildman–Crippen LogP) is 2.76. The molecule has 0 spiro atoms. The van der Waals surface area contributed by atoms with Gasteiger partial charge in [-0.1, -0.05) is 11.6 Å². The Morgan fingerprint density at radius 3 is 2.83 bits per heavy atom. The normalized spacial score (nSPS) is 19.4. The quantitative estimate of drug-likeness (QED) is 0.840. The van der Waals surface area contributed by atoms with E-state index >= 15 is 0 Å². The number of hydrogen-bond acceptors (Lipinski definition) is 5. The highest BCUT2D eigenvalue weighted by atomic mass is 35.5.